The third kappa shape index (κ3) is 5.73. The molecule has 1 amide bonds. The summed E-state index contributed by atoms with van der Waals surface area (Å²) < 4.78 is 33.0. The number of hydrogen-bond donors (Lipinski definition) is 2. The third-order valence-electron chi connectivity index (χ3n) is 4.61. The van der Waals surface area contributed by atoms with E-state index in [2.05, 4.69) is 10.0 Å². The predicted octanol–water partition coefficient (Wildman–Crippen LogP) is 4.76. The van der Waals surface area contributed by atoms with Crippen molar-refractivity contribution < 1.29 is 17.9 Å². The first-order chi connectivity index (χ1) is 14.8. The second-order valence-electron chi connectivity index (χ2n) is 7.02. The van der Waals surface area contributed by atoms with E-state index in [0.717, 1.165) is 16.8 Å². The van der Waals surface area contributed by atoms with Gasteiger partial charge in [0.25, 0.3) is 10.0 Å². The number of anilines is 2. The Kier molecular flexibility index (Phi) is 6.77. The molecule has 3 aromatic rings. The first-order valence-corrected chi connectivity index (χ1v) is 11.1. The number of carbonyl (C=O) groups is 1. The summed E-state index contributed by atoms with van der Waals surface area (Å²) in [5.74, 6) is 0.168. The van der Waals surface area contributed by atoms with E-state index in [1.165, 1.54) is 25.3 Å². The van der Waals surface area contributed by atoms with Crippen LogP contribution in [0.15, 0.2) is 77.7 Å². The Labute approximate surface area is 182 Å². The van der Waals surface area contributed by atoms with E-state index in [4.69, 9.17) is 4.74 Å². The van der Waals surface area contributed by atoms with Gasteiger partial charge in [-0.3, -0.25) is 9.52 Å². The lowest BCUT2D eigenvalue weighted by Crippen LogP contribution is -2.13. The smallest absolute Gasteiger partial charge is 0.262 e. The first-order valence-electron chi connectivity index (χ1n) is 9.61. The molecule has 0 aliphatic heterocycles. The van der Waals surface area contributed by atoms with Crippen LogP contribution in [0.3, 0.4) is 0 Å². The van der Waals surface area contributed by atoms with Gasteiger partial charge in [0.1, 0.15) is 5.75 Å². The van der Waals surface area contributed by atoms with E-state index in [0.29, 0.717) is 17.0 Å². The van der Waals surface area contributed by atoms with Crippen molar-refractivity contribution in [3.8, 4) is 5.75 Å². The largest absolute Gasteiger partial charge is 0.495 e. The molecular weight excluding hydrogens is 412 g/mol. The molecule has 3 aromatic carbocycles. The fraction of sp³-hybridized carbons (Fsp3) is 0.125. The van der Waals surface area contributed by atoms with Crippen LogP contribution in [-0.2, 0) is 14.8 Å². The van der Waals surface area contributed by atoms with Gasteiger partial charge in [0.2, 0.25) is 5.91 Å². The Morgan fingerprint density at radius 1 is 0.935 bits per heavy atom. The molecule has 160 valence electrons. The van der Waals surface area contributed by atoms with Crippen LogP contribution in [0.4, 0.5) is 11.4 Å². The molecule has 6 nitrogen and oxygen atoms in total. The van der Waals surface area contributed by atoms with Crippen LogP contribution in [-0.4, -0.2) is 21.4 Å². The lowest BCUT2D eigenvalue weighted by molar-refractivity contribution is -0.111. The maximum atomic E-state index is 12.7. The number of sulfonamides is 1. The number of hydrogen-bond acceptors (Lipinski definition) is 4. The van der Waals surface area contributed by atoms with Crippen LogP contribution in [0.5, 0.6) is 5.75 Å². The Morgan fingerprint density at radius 2 is 1.65 bits per heavy atom. The van der Waals surface area contributed by atoms with Gasteiger partial charge in [-0.15, -0.1) is 0 Å². The van der Waals surface area contributed by atoms with Crippen molar-refractivity contribution in [3.63, 3.8) is 0 Å². The van der Waals surface area contributed by atoms with Gasteiger partial charge in [-0.1, -0.05) is 42.0 Å². The predicted molar refractivity (Wildman–Crippen MR) is 124 cm³/mol. The maximum Gasteiger partial charge on any atom is 0.262 e. The van der Waals surface area contributed by atoms with Crippen molar-refractivity contribution in [1.82, 2.24) is 0 Å². The number of para-hydroxylation sites is 2. The van der Waals surface area contributed by atoms with E-state index in [1.807, 2.05) is 32.0 Å². The SMILES string of the molecule is COc1ccccc1NS(=O)(=O)c1ccc(/C=C/C(=O)Nc2ccc(C)cc2C)cc1. The first kappa shape index (κ1) is 22.1. The third-order valence-corrected chi connectivity index (χ3v) is 5.99. The van der Waals surface area contributed by atoms with Gasteiger partial charge in [0, 0.05) is 11.8 Å². The lowest BCUT2D eigenvalue weighted by Gasteiger charge is -2.11. The molecule has 31 heavy (non-hydrogen) atoms. The highest BCUT2D eigenvalue weighted by molar-refractivity contribution is 7.92. The highest BCUT2D eigenvalue weighted by atomic mass is 32.2. The van der Waals surface area contributed by atoms with Crippen LogP contribution in [0.2, 0.25) is 0 Å². The van der Waals surface area contributed by atoms with Crippen LogP contribution in [0, 0.1) is 13.8 Å². The summed E-state index contributed by atoms with van der Waals surface area (Å²) in [6, 6.07) is 18.8. The molecule has 0 saturated heterocycles. The van der Waals surface area contributed by atoms with Gasteiger partial charge in [-0.05, 0) is 61.4 Å². The van der Waals surface area contributed by atoms with E-state index < -0.39 is 10.0 Å². The number of benzene rings is 3. The standard InChI is InChI=1S/C24H24N2O4S/c1-17-8-14-21(18(2)16-17)25-24(27)15-11-19-9-12-20(13-10-19)31(28,29)26-22-6-4-5-7-23(22)30-3/h4-16,26H,1-3H3,(H,25,27)/b15-11+. The number of nitrogens with one attached hydrogen (secondary N) is 2. The molecular formula is C24H24N2O4S. The fourth-order valence-corrected chi connectivity index (χ4v) is 4.06. The van der Waals surface area contributed by atoms with Gasteiger partial charge in [0.15, 0.2) is 0 Å². The van der Waals surface area contributed by atoms with E-state index >= 15 is 0 Å². The minimum absolute atomic E-state index is 0.107. The van der Waals surface area contributed by atoms with E-state index in [9.17, 15) is 13.2 Å². The average molecular weight is 437 g/mol. The van der Waals surface area contributed by atoms with Crippen molar-refractivity contribution in [2.24, 2.45) is 0 Å². The number of amides is 1. The van der Waals surface area contributed by atoms with Gasteiger partial charge in [-0.2, -0.15) is 0 Å². The van der Waals surface area contributed by atoms with Gasteiger partial charge in [0.05, 0.1) is 17.7 Å². The zero-order valence-electron chi connectivity index (χ0n) is 17.5. The number of rotatable bonds is 7. The normalized spacial score (nSPS) is 11.3. The number of methoxy groups -OCH3 is 1. The van der Waals surface area contributed by atoms with Gasteiger partial charge in [-0.25, -0.2) is 8.42 Å². The highest BCUT2D eigenvalue weighted by Crippen LogP contribution is 2.26. The minimum Gasteiger partial charge on any atom is -0.495 e. The van der Waals surface area contributed by atoms with Crippen LogP contribution in [0.25, 0.3) is 6.08 Å². The van der Waals surface area contributed by atoms with Crippen molar-refractivity contribution in [2.75, 3.05) is 17.1 Å². The summed E-state index contributed by atoms with van der Waals surface area (Å²) in [5.41, 5.74) is 3.92. The summed E-state index contributed by atoms with van der Waals surface area (Å²) in [6.07, 6.45) is 3.04. The van der Waals surface area contributed by atoms with Crippen LogP contribution < -0.4 is 14.8 Å². The molecule has 0 radical (unpaired) electrons. The zero-order valence-corrected chi connectivity index (χ0v) is 18.4. The Morgan fingerprint density at radius 3 is 2.32 bits per heavy atom. The molecule has 0 bridgehead atoms. The maximum absolute atomic E-state index is 12.7. The second-order valence-corrected chi connectivity index (χ2v) is 8.70. The molecule has 3 rings (SSSR count). The van der Waals surface area contributed by atoms with Crippen LogP contribution in [0.1, 0.15) is 16.7 Å². The fourth-order valence-electron chi connectivity index (χ4n) is 2.99. The Bertz CT molecular complexity index is 1220. The quantitative estimate of drug-likeness (QED) is 0.523. The highest BCUT2D eigenvalue weighted by Gasteiger charge is 2.16. The average Bonchev–Trinajstić information content (AvgIpc) is 2.75. The Hall–Kier alpha value is -3.58. The summed E-state index contributed by atoms with van der Waals surface area (Å²) in [5, 5.41) is 2.84. The number of carbonyl (C=O) groups excluding carboxylic acids is 1. The zero-order chi connectivity index (χ0) is 22.4. The molecule has 0 saturated carbocycles. The van der Waals surface area contributed by atoms with E-state index in [1.54, 1.807) is 42.5 Å². The molecule has 2 N–H and O–H groups in total. The number of aryl methyl sites for hydroxylation is 2. The molecule has 0 atom stereocenters. The van der Waals surface area contributed by atoms with Crippen molar-refractivity contribution in [1.29, 1.82) is 0 Å². The summed E-state index contributed by atoms with van der Waals surface area (Å²) in [4.78, 5) is 12.3. The van der Waals surface area contributed by atoms with Crippen molar-refractivity contribution in [2.45, 2.75) is 18.7 Å². The monoisotopic (exact) mass is 436 g/mol. The molecule has 0 aliphatic rings. The molecule has 7 heteroatoms. The summed E-state index contributed by atoms with van der Waals surface area (Å²) >= 11 is 0. The molecule has 0 aliphatic carbocycles. The van der Waals surface area contributed by atoms with Crippen LogP contribution >= 0.6 is 0 Å². The molecule has 0 fully saturated rings. The Balaban J connectivity index is 1.68. The lowest BCUT2D eigenvalue weighted by atomic mass is 10.1. The summed E-state index contributed by atoms with van der Waals surface area (Å²) in [6.45, 7) is 3.93. The molecule has 0 heterocycles. The van der Waals surface area contributed by atoms with E-state index in [-0.39, 0.29) is 10.8 Å². The van der Waals surface area contributed by atoms with Crippen molar-refractivity contribution in [3.05, 3.63) is 89.5 Å². The molecule has 0 aromatic heterocycles. The van der Waals surface area contributed by atoms with Gasteiger partial charge >= 0.3 is 0 Å². The van der Waals surface area contributed by atoms with Gasteiger partial charge < -0.3 is 10.1 Å². The summed E-state index contributed by atoms with van der Waals surface area (Å²) in [7, 11) is -2.30. The molecule has 0 unspecified atom stereocenters. The number of ether oxygens (including phenoxy) is 1. The topological polar surface area (TPSA) is 84.5 Å². The molecule has 0 spiro atoms. The van der Waals surface area contributed by atoms with Crippen molar-refractivity contribution >= 4 is 33.4 Å². The minimum atomic E-state index is -3.78. The second kappa shape index (κ2) is 9.49.